The van der Waals surface area contributed by atoms with Crippen LogP contribution in [-0.4, -0.2) is 40.7 Å². The average Bonchev–Trinajstić information content (AvgIpc) is 2.61. The number of thioether (sulfide) groups is 1. The van der Waals surface area contributed by atoms with Crippen molar-refractivity contribution >= 4 is 39.9 Å². The lowest BCUT2D eigenvalue weighted by atomic mass is 10.0. The molecule has 4 nitrogen and oxygen atoms in total. The molecule has 124 valence electrons. The Balaban J connectivity index is 2.12. The van der Waals surface area contributed by atoms with E-state index in [1.165, 1.54) is 11.8 Å². The molecule has 0 heterocycles. The molecule has 2 rings (SSSR count). The molecule has 0 spiro atoms. The van der Waals surface area contributed by atoms with E-state index in [-0.39, 0.29) is 11.7 Å². The van der Waals surface area contributed by atoms with Gasteiger partial charge in [0.2, 0.25) is 0 Å². The van der Waals surface area contributed by atoms with E-state index in [2.05, 4.69) is 10.5 Å². The second kappa shape index (κ2) is 9.20. The largest absolute Gasteiger partial charge is 0.364 e. The summed E-state index contributed by atoms with van der Waals surface area (Å²) in [7, 11) is 3.71. The highest BCUT2D eigenvalue weighted by Crippen LogP contribution is 2.11. The van der Waals surface area contributed by atoms with Crippen LogP contribution in [0.2, 0.25) is 0 Å². The Labute approximate surface area is 151 Å². The van der Waals surface area contributed by atoms with Gasteiger partial charge in [-0.25, -0.2) is 5.43 Å². The molecule has 0 radical (unpaired) electrons. The van der Waals surface area contributed by atoms with Crippen molar-refractivity contribution < 1.29 is 4.79 Å². The van der Waals surface area contributed by atoms with Crippen molar-refractivity contribution in [3.8, 4) is 0 Å². The molecule has 0 aromatic heterocycles. The van der Waals surface area contributed by atoms with Crippen molar-refractivity contribution in [2.75, 3.05) is 19.8 Å². The van der Waals surface area contributed by atoms with Crippen molar-refractivity contribution in [3.63, 3.8) is 0 Å². The van der Waals surface area contributed by atoms with Crippen LogP contribution in [0, 0.1) is 0 Å². The maximum Gasteiger partial charge on any atom is 0.250 e. The van der Waals surface area contributed by atoms with Crippen molar-refractivity contribution in [1.29, 1.82) is 0 Å². The van der Waals surface area contributed by atoms with Crippen LogP contribution in [0.1, 0.15) is 11.1 Å². The summed E-state index contributed by atoms with van der Waals surface area (Å²) >= 11 is 6.47. The monoisotopic (exact) mass is 357 g/mol. The maximum absolute atomic E-state index is 12.0. The van der Waals surface area contributed by atoms with E-state index in [0.29, 0.717) is 4.32 Å². The molecule has 2 aromatic carbocycles. The molecule has 0 atom stereocenters. The van der Waals surface area contributed by atoms with Crippen LogP contribution in [0.4, 0.5) is 0 Å². The standard InChI is InChI=1S/C18H19N3OS2/c1-21(2)18(23)24-13-16(22)19-20-17(14-9-5-3-6-10-14)15-11-7-4-8-12-15/h3-12H,13H2,1-2H3,(H,19,22). The summed E-state index contributed by atoms with van der Waals surface area (Å²) in [6.45, 7) is 0. The number of hydrogen-bond donors (Lipinski definition) is 1. The van der Waals surface area contributed by atoms with Crippen LogP contribution in [0.25, 0.3) is 0 Å². The number of rotatable bonds is 5. The van der Waals surface area contributed by atoms with Gasteiger partial charge in [0.25, 0.3) is 5.91 Å². The molecule has 0 aliphatic carbocycles. The minimum atomic E-state index is -0.187. The summed E-state index contributed by atoms with van der Waals surface area (Å²) in [4.78, 5) is 13.8. The van der Waals surface area contributed by atoms with Crippen LogP contribution in [0.3, 0.4) is 0 Å². The highest BCUT2D eigenvalue weighted by atomic mass is 32.2. The summed E-state index contributed by atoms with van der Waals surface area (Å²) in [6, 6.07) is 19.5. The van der Waals surface area contributed by atoms with Crippen LogP contribution in [0.5, 0.6) is 0 Å². The highest BCUT2D eigenvalue weighted by Gasteiger charge is 2.09. The van der Waals surface area contributed by atoms with E-state index in [1.54, 1.807) is 4.90 Å². The zero-order chi connectivity index (χ0) is 17.4. The van der Waals surface area contributed by atoms with Gasteiger partial charge in [0.05, 0.1) is 11.5 Å². The first-order chi connectivity index (χ1) is 11.6. The third-order valence-electron chi connectivity index (χ3n) is 3.08. The number of thiocarbonyl (C=S) groups is 1. The Morgan fingerprint density at radius 3 is 2.00 bits per heavy atom. The van der Waals surface area contributed by atoms with Gasteiger partial charge < -0.3 is 4.90 Å². The average molecular weight is 358 g/mol. The number of amides is 1. The molecule has 6 heteroatoms. The Morgan fingerprint density at radius 2 is 1.54 bits per heavy atom. The zero-order valence-electron chi connectivity index (χ0n) is 13.6. The van der Waals surface area contributed by atoms with E-state index in [4.69, 9.17) is 12.2 Å². The van der Waals surface area contributed by atoms with Crippen LogP contribution in [0.15, 0.2) is 65.8 Å². The highest BCUT2D eigenvalue weighted by molar-refractivity contribution is 8.23. The second-order valence-electron chi connectivity index (χ2n) is 5.18. The number of carbonyl (C=O) groups excluding carboxylic acids is 1. The van der Waals surface area contributed by atoms with E-state index in [0.717, 1.165) is 16.8 Å². The lowest BCUT2D eigenvalue weighted by molar-refractivity contribution is -0.118. The normalized spacial score (nSPS) is 9.92. The minimum Gasteiger partial charge on any atom is -0.364 e. The van der Waals surface area contributed by atoms with Gasteiger partial charge in [-0.3, -0.25) is 4.79 Å². The van der Waals surface area contributed by atoms with Crippen LogP contribution in [-0.2, 0) is 4.79 Å². The first-order valence-corrected chi connectivity index (χ1v) is 8.79. The van der Waals surface area contributed by atoms with Gasteiger partial charge in [-0.05, 0) is 0 Å². The van der Waals surface area contributed by atoms with Gasteiger partial charge in [-0.1, -0.05) is 84.6 Å². The number of carbonyl (C=O) groups is 1. The SMILES string of the molecule is CN(C)C(=S)SCC(=O)NN=C(c1ccccc1)c1ccccc1. The molecule has 0 aliphatic rings. The second-order valence-corrected chi connectivity index (χ2v) is 6.79. The predicted octanol–water partition coefficient (Wildman–Crippen LogP) is 3.13. The van der Waals surface area contributed by atoms with Gasteiger partial charge in [0.1, 0.15) is 4.32 Å². The van der Waals surface area contributed by atoms with Crippen molar-refractivity contribution in [2.24, 2.45) is 5.10 Å². The fraction of sp³-hybridized carbons (Fsp3) is 0.167. The molecule has 1 N–H and O–H groups in total. The van der Waals surface area contributed by atoms with Gasteiger partial charge in [-0.15, -0.1) is 0 Å². The third-order valence-corrected chi connectivity index (χ3v) is 4.82. The van der Waals surface area contributed by atoms with Gasteiger partial charge >= 0.3 is 0 Å². The lowest BCUT2D eigenvalue weighted by Crippen LogP contribution is -2.25. The lowest BCUT2D eigenvalue weighted by Gasteiger charge is -2.12. The molecular weight excluding hydrogens is 338 g/mol. The summed E-state index contributed by atoms with van der Waals surface area (Å²) in [5.74, 6) is 0.0470. The molecule has 0 bridgehead atoms. The number of hydrogen-bond acceptors (Lipinski definition) is 4. The molecule has 1 amide bonds. The fourth-order valence-corrected chi connectivity index (χ4v) is 2.65. The zero-order valence-corrected chi connectivity index (χ0v) is 15.2. The van der Waals surface area contributed by atoms with E-state index in [9.17, 15) is 4.79 Å². The molecular formula is C18H19N3OS2. The summed E-state index contributed by atoms with van der Waals surface area (Å²) in [5, 5.41) is 4.33. The van der Waals surface area contributed by atoms with E-state index in [1.807, 2.05) is 74.8 Å². The first-order valence-electron chi connectivity index (χ1n) is 7.39. The Kier molecular flexibility index (Phi) is 6.96. The third kappa shape index (κ3) is 5.47. The van der Waals surface area contributed by atoms with E-state index < -0.39 is 0 Å². The maximum atomic E-state index is 12.0. The Morgan fingerprint density at radius 1 is 1.04 bits per heavy atom. The molecule has 0 unspecified atom stereocenters. The van der Waals surface area contributed by atoms with E-state index >= 15 is 0 Å². The fourth-order valence-electron chi connectivity index (χ4n) is 1.89. The number of hydrazone groups is 1. The minimum absolute atomic E-state index is 0.187. The summed E-state index contributed by atoms with van der Waals surface area (Å²) in [6.07, 6.45) is 0. The quantitative estimate of drug-likeness (QED) is 0.507. The first kappa shape index (κ1) is 18.2. The molecule has 24 heavy (non-hydrogen) atoms. The Bertz CT molecular complexity index is 674. The molecule has 2 aromatic rings. The van der Waals surface area contributed by atoms with Crippen molar-refractivity contribution in [1.82, 2.24) is 10.3 Å². The summed E-state index contributed by atoms with van der Waals surface area (Å²) in [5.41, 5.74) is 5.24. The molecule has 0 saturated heterocycles. The summed E-state index contributed by atoms with van der Waals surface area (Å²) < 4.78 is 0.667. The smallest absolute Gasteiger partial charge is 0.250 e. The topological polar surface area (TPSA) is 44.7 Å². The number of nitrogens with one attached hydrogen (secondary N) is 1. The molecule has 0 saturated carbocycles. The number of nitrogens with zero attached hydrogens (tertiary/aromatic N) is 2. The Hall–Kier alpha value is -2.18. The van der Waals surface area contributed by atoms with Gasteiger partial charge in [0.15, 0.2) is 0 Å². The molecule has 0 aliphatic heterocycles. The van der Waals surface area contributed by atoms with Gasteiger partial charge in [-0.2, -0.15) is 5.10 Å². The van der Waals surface area contributed by atoms with Crippen LogP contribution < -0.4 is 5.43 Å². The molecule has 0 fully saturated rings. The number of benzene rings is 2. The van der Waals surface area contributed by atoms with Crippen molar-refractivity contribution in [2.45, 2.75) is 0 Å². The van der Waals surface area contributed by atoms with Crippen LogP contribution >= 0.6 is 24.0 Å². The van der Waals surface area contributed by atoms with Gasteiger partial charge in [0, 0.05) is 25.2 Å². The predicted molar refractivity (Wildman–Crippen MR) is 105 cm³/mol. The van der Waals surface area contributed by atoms with Crippen molar-refractivity contribution in [3.05, 3.63) is 71.8 Å².